The molecule has 2 aromatic heterocycles. The lowest BCUT2D eigenvalue weighted by Gasteiger charge is -2.04. The van der Waals surface area contributed by atoms with E-state index in [1.54, 1.807) is 11.3 Å². The third-order valence-corrected chi connectivity index (χ3v) is 3.22. The Balaban J connectivity index is 1.93. The predicted molar refractivity (Wildman–Crippen MR) is 65.5 cm³/mol. The van der Waals surface area contributed by atoms with Crippen molar-refractivity contribution in [2.75, 3.05) is 13.7 Å². The summed E-state index contributed by atoms with van der Waals surface area (Å²) < 4.78 is 9.89. The molecule has 1 N–H and O–H groups in total. The minimum Gasteiger partial charge on any atom is -0.390 e. The zero-order chi connectivity index (χ0) is 13.0. The molecule has 2 aromatic rings. The molecule has 0 aliphatic rings. The summed E-state index contributed by atoms with van der Waals surface area (Å²) in [4.78, 5) is 8.54. The van der Waals surface area contributed by atoms with Gasteiger partial charge in [-0.05, 0) is 6.92 Å². The summed E-state index contributed by atoms with van der Waals surface area (Å²) >= 11 is 1.57. The van der Waals surface area contributed by atoms with Crippen LogP contribution >= 0.6 is 11.3 Å². The highest BCUT2D eigenvalue weighted by molar-refractivity contribution is 7.09. The van der Waals surface area contributed by atoms with Crippen LogP contribution in [-0.4, -0.2) is 40.1 Å². The normalized spacial score (nSPS) is 12.8. The number of aliphatic hydroxyl groups is 1. The molecule has 1 unspecified atom stereocenters. The molecule has 0 aromatic carbocycles. The maximum absolute atomic E-state index is 9.54. The first kappa shape index (κ1) is 13.1. The predicted octanol–water partition coefficient (Wildman–Crippen LogP) is 0.975. The highest BCUT2D eigenvalue weighted by atomic mass is 32.1. The number of aromatic nitrogens is 3. The van der Waals surface area contributed by atoms with Gasteiger partial charge in [-0.3, -0.25) is 0 Å². The van der Waals surface area contributed by atoms with Crippen molar-refractivity contribution in [1.82, 2.24) is 15.1 Å². The van der Waals surface area contributed by atoms with Gasteiger partial charge in [-0.15, -0.1) is 11.3 Å². The maximum atomic E-state index is 9.54. The number of aliphatic hydroxyl groups excluding tert-OH is 1. The number of rotatable bonds is 6. The summed E-state index contributed by atoms with van der Waals surface area (Å²) in [5.41, 5.74) is 0.995. The average Bonchev–Trinajstić information content (AvgIpc) is 2.89. The fourth-order valence-electron chi connectivity index (χ4n) is 1.52. The summed E-state index contributed by atoms with van der Waals surface area (Å²) in [6, 6.07) is 0. The lowest BCUT2D eigenvalue weighted by molar-refractivity contribution is 0.0599. The van der Waals surface area contributed by atoms with Crippen molar-refractivity contribution in [2.24, 2.45) is 0 Å². The zero-order valence-electron chi connectivity index (χ0n) is 10.3. The Morgan fingerprint density at radius 3 is 3.00 bits per heavy atom. The molecule has 0 aliphatic heterocycles. The number of hydrogen-bond donors (Lipinski definition) is 1. The molecule has 2 heterocycles. The van der Waals surface area contributed by atoms with Gasteiger partial charge >= 0.3 is 0 Å². The zero-order valence-corrected chi connectivity index (χ0v) is 11.1. The molecule has 0 saturated carbocycles. The van der Waals surface area contributed by atoms with Crippen molar-refractivity contribution in [3.8, 4) is 0 Å². The summed E-state index contributed by atoms with van der Waals surface area (Å²) in [5.74, 6) is 1.01. The Bertz CT molecular complexity index is 497. The van der Waals surface area contributed by atoms with Crippen LogP contribution in [0.2, 0.25) is 0 Å². The average molecular weight is 269 g/mol. The largest absolute Gasteiger partial charge is 0.390 e. The highest BCUT2D eigenvalue weighted by Crippen LogP contribution is 2.13. The molecule has 0 radical (unpaired) electrons. The molecule has 6 nitrogen and oxygen atoms in total. The van der Waals surface area contributed by atoms with E-state index in [4.69, 9.17) is 9.26 Å². The molecule has 2 rings (SSSR count). The second-order valence-electron chi connectivity index (χ2n) is 3.98. The van der Waals surface area contributed by atoms with Gasteiger partial charge in [-0.2, -0.15) is 4.98 Å². The minimum atomic E-state index is -0.620. The van der Waals surface area contributed by atoms with Gasteiger partial charge in [0, 0.05) is 18.2 Å². The van der Waals surface area contributed by atoms with E-state index < -0.39 is 6.10 Å². The van der Waals surface area contributed by atoms with Gasteiger partial charge in [0.1, 0.15) is 5.01 Å². The monoisotopic (exact) mass is 269 g/mol. The van der Waals surface area contributed by atoms with Gasteiger partial charge in [-0.25, -0.2) is 4.98 Å². The van der Waals surface area contributed by atoms with Crippen LogP contribution in [0.1, 0.15) is 22.4 Å². The summed E-state index contributed by atoms with van der Waals surface area (Å²) in [6.45, 7) is 2.20. The van der Waals surface area contributed by atoms with Crippen LogP contribution in [0.4, 0.5) is 0 Å². The maximum Gasteiger partial charge on any atom is 0.229 e. The number of ether oxygens (including phenoxy) is 1. The molecule has 0 aliphatic carbocycles. The van der Waals surface area contributed by atoms with Crippen LogP contribution in [0.3, 0.4) is 0 Å². The van der Waals surface area contributed by atoms with Crippen molar-refractivity contribution in [3.63, 3.8) is 0 Å². The molecular formula is C11H15N3O3S. The Hall–Kier alpha value is -1.31. The van der Waals surface area contributed by atoms with Crippen LogP contribution in [0, 0.1) is 6.92 Å². The molecule has 18 heavy (non-hydrogen) atoms. The van der Waals surface area contributed by atoms with E-state index in [0.717, 1.165) is 10.7 Å². The standard InChI is InChI=1S/C11H15N3O3S/c1-7-6-18-11(12-7)4-9-13-10(17-14-9)3-8(15)5-16-2/h6,8,15H,3-5H2,1-2H3. The Kier molecular flexibility index (Phi) is 4.40. The van der Waals surface area contributed by atoms with Crippen LogP contribution in [0.25, 0.3) is 0 Å². The first-order valence-corrected chi connectivity index (χ1v) is 6.45. The first-order valence-electron chi connectivity index (χ1n) is 5.57. The number of methoxy groups -OCH3 is 1. The second-order valence-corrected chi connectivity index (χ2v) is 4.92. The molecule has 1 atom stereocenters. The SMILES string of the molecule is COCC(O)Cc1nc(Cc2nc(C)cs2)no1. The van der Waals surface area contributed by atoms with E-state index in [2.05, 4.69) is 15.1 Å². The van der Waals surface area contributed by atoms with Crippen molar-refractivity contribution in [1.29, 1.82) is 0 Å². The van der Waals surface area contributed by atoms with Crippen LogP contribution in [-0.2, 0) is 17.6 Å². The van der Waals surface area contributed by atoms with Crippen molar-refractivity contribution < 1.29 is 14.4 Å². The molecule has 0 amide bonds. The second kappa shape index (κ2) is 6.03. The molecule has 98 valence electrons. The topological polar surface area (TPSA) is 81.3 Å². The molecule has 0 spiro atoms. The number of aryl methyl sites for hydroxylation is 1. The van der Waals surface area contributed by atoms with Crippen molar-refractivity contribution >= 4 is 11.3 Å². The number of nitrogens with zero attached hydrogens (tertiary/aromatic N) is 3. The fraction of sp³-hybridized carbons (Fsp3) is 0.545. The summed E-state index contributed by atoms with van der Waals surface area (Å²) in [5, 5.41) is 16.3. The third kappa shape index (κ3) is 3.59. The van der Waals surface area contributed by atoms with Crippen LogP contribution in [0.15, 0.2) is 9.90 Å². The summed E-state index contributed by atoms with van der Waals surface area (Å²) in [7, 11) is 1.53. The third-order valence-electron chi connectivity index (χ3n) is 2.26. The van der Waals surface area contributed by atoms with Gasteiger partial charge in [0.25, 0.3) is 0 Å². The van der Waals surface area contributed by atoms with Crippen LogP contribution in [0.5, 0.6) is 0 Å². The minimum absolute atomic E-state index is 0.253. The lowest BCUT2D eigenvalue weighted by Crippen LogP contribution is -2.17. The van der Waals surface area contributed by atoms with E-state index in [9.17, 15) is 5.11 Å². The molecular weight excluding hydrogens is 254 g/mol. The number of thiazole rings is 1. The molecule has 7 heteroatoms. The van der Waals surface area contributed by atoms with E-state index in [1.807, 2.05) is 12.3 Å². The van der Waals surface area contributed by atoms with E-state index in [-0.39, 0.29) is 6.61 Å². The molecule has 0 bridgehead atoms. The Labute approximate surface area is 109 Å². The van der Waals surface area contributed by atoms with Gasteiger partial charge in [-0.1, -0.05) is 5.16 Å². The smallest absolute Gasteiger partial charge is 0.229 e. The van der Waals surface area contributed by atoms with E-state index >= 15 is 0 Å². The van der Waals surface area contributed by atoms with Crippen molar-refractivity contribution in [2.45, 2.75) is 25.9 Å². The van der Waals surface area contributed by atoms with E-state index in [1.165, 1.54) is 7.11 Å². The highest BCUT2D eigenvalue weighted by Gasteiger charge is 2.13. The van der Waals surface area contributed by atoms with Crippen molar-refractivity contribution in [3.05, 3.63) is 27.8 Å². The van der Waals surface area contributed by atoms with Gasteiger partial charge in [0.2, 0.25) is 5.89 Å². The Morgan fingerprint density at radius 1 is 1.50 bits per heavy atom. The molecule has 0 saturated heterocycles. The molecule has 0 fully saturated rings. The van der Waals surface area contributed by atoms with Gasteiger partial charge < -0.3 is 14.4 Å². The fourth-order valence-corrected chi connectivity index (χ4v) is 2.29. The van der Waals surface area contributed by atoms with Gasteiger partial charge in [0.05, 0.1) is 25.6 Å². The first-order chi connectivity index (χ1) is 8.67. The summed E-state index contributed by atoms with van der Waals surface area (Å²) in [6.07, 6.45) is 0.241. The van der Waals surface area contributed by atoms with Gasteiger partial charge in [0.15, 0.2) is 5.82 Å². The Morgan fingerprint density at radius 2 is 2.33 bits per heavy atom. The quantitative estimate of drug-likeness (QED) is 0.841. The van der Waals surface area contributed by atoms with E-state index in [0.29, 0.717) is 24.6 Å². The number of hydrogen-bond acceptors (Lipinski definition) is 7. The lowest BCUT2D eigenvalue weighted by atomic mass is 10.3. The van der Waals surface area contributed by atoms with Crippen LogP contribution < -0.4 is 0 Å².